The minimum atomic E-state index is -4.76. The lowest BCUT2D eigenvalue weighted by atomic mass is 10.1. The number of nitrogens with zero attached hydrogens (tertiary/aromatic N) is 3. The summed E-state index contributed by atoms with van der Waals surface area (Å²) in [6.45, 7) is 2.62. The number of aromatic nitrogens is 3. The summed E-state index contributed by atoms with van der Waals surface area (Å²) in [5.74, 6) is 0.859. The van der Waals surface area contributed by atoms with Gasteiger partial charge in [0.15, 0.2) is 5.82 Å². The lowest BCUT2D eigenvalue weighted by Gasteiger charge is -2.13. The molecule has 1 aromatic heterocycles. The van der Waals surface area contributed by atoms with Crippen molar-refractivity contribution in [2.45, 2.75) is 19.2 Å². The zero-order valence-electron chi connectivity index (χ0n) is 14.1. The topological polar surface area (TPSA) is 52.0 Å². The van der Waals surface area contributed by atoms with E-state index in [0.29, 0.717) is 28.8 Å². The molecule has 1 unspecified atom stereocenters. The van der Waals surface area contributed by atoms with Gasteiger partial charge in [-0.15, -0.1) is 23.4 Å². The number of hydrogen-bond donors (Lipinski definition) is 1. The van der Waals surface area contributed by atoms with Crippen molar-refractivity contribution in [1.29, 1.82) is 0 Å². The molecule has 0 spiro atoms. The number of fused-ring (bicyclic) bond motifs is 3. The molecule has 0 saturated carbocycles. The zero-order valence-corrected chi connectivity index (χ0v) is 14.8. The van der Waals surface area contributed by atoms with Crippen molar-refractivity contribution in [2.75, 3.05) is 11.9 Å². The van der Waals surface area contributed by atoms with Gasteiger partial charge >= 0.3 is 6.36 Å². The molecule has 0 aliphatic carbocycles. The normalized spacial score (nSPS) is 16.1. The molecule has 9 heteroatoms. The Kier molecular flexibility index (Phi) is 4.22. The van der Waals surface area contributed by atoms with E-state index in [4.69, 9.17) is 11.6 Å². The van der Waals surface area contributed by atoms with Crippen LogP contribution in [0, 0.1) is 0 Å². The second kappa shape index (κ2) is 6.45. The molecule has 0 saturated heterocycles. The average molecular weight is 395 g/mol. The first-order valence-corrected chi connectivity index (χ1v) is 8.55. The lowest BCUT2D eigenvalue weighted by molar-refractivity contribution is -0.274. The number of hydrogen-bond acceptors (Lipinski definition) is 4. The summed E-state index contributed by atoms with van der Waals surface area (Å²) in [7, 11) is 0. The Hall–Kier alpha value is -2.74. The van der Waals surface area contributed by atoms with Gasteiger partial charge in [0.05, 0.1) is 11.4 Å². The maximum atomic E-state index is 12.6. The molecule has 5 nitrogen and oxygen atoms in total. The highest BCUT2D eigenvalue weighted by Gasteiger charge is 2.31. The van der Waals surface area contributed by atoms with E-state index in [0.717, 1.165) is 11.4 Å². The van der Waals surface area contributed by atoms with Gasteiger partial charge in [-0.25, -0.2) is 0 Å². The smallest absolute Gasteiger partial charge is 0.406 e. The van der Waals surface area contributed by atoms with Gasteiger partial charge in [0.1, 0.15) is 11.6 Å². The predicted octanol–water partition coefficient (Wildman–Crippen LogP) is 5.02. The zero-order chi connectivity index (χ0) is 19.2. The van der Waals surface area contributed by atoms with Crippen LogP contribution in [-0.2, 0) is 0 Å². The minimum absolute atomic E-state index is 0.0343. The van der Waals surface area contributed by atoms with Crippen LogP contribution in [0.3, 0.4) is 0 Å². The molecule has 2 heterocycles. The minimum Gasteiger partial charge on any atom is -0.406 e. The van der Waals surface area contributed by atoms with Crippen LogP contribution in [0.4, 0.5) is 18.9 Å². The summed E-state index contributed by atoms with van der Waals surface area (Å²) in [6, 6.07) is 11.1. The van der Waals surface area contributed by atoms with E-state index in [1.807, 2.05) is 17.6 Å². The molecule has 27 heavy (non-hydrogen) atoms. The van der Waals surface area contributed by atoms with Crippen LogP contribution in [0.25, 0.3) is 17.1 Å². The van der Waals surface area contributed by atoms with E-state index in [-0.39, 0.29) is 11.7 Å². The van der Waals surface area contributed by atoms with Crippen LogP contribution in [0.2, 0.25) is 5.02 Å². The number of anilines is 1. The van der Waals surface area contributed by atoms with Crippen LogP contribution in [0.15, 0.2) is 42.5 Å². The number of rotatable bonds is 2. The highest BCUT2D eigenvalue weighted by atomic mass is 35.5. The SMILES string of the molecule is CC1CNc2cc(Cl)ccc2-n2c(-c3cccc(OC(F)(F)F)c3)nnc21. The molecule has 0 fully saturated rings. The van der Waals surface area contributed by atoms with Gasteiger partial charge in [-0.1, -0.05) is 30.7 Å². The summed E-state index contributed by atoms with van der Waals surface area (Å²) >= 11 is 6.10. The van der Waals surface area contributed by atoms with Crippen LogP contribution >= 0.6 is 11.6 Å². The van der Waals surface area contributed by atoms with E-state index >= 15 is 0 Å². The van der Waals surface area contributed by atoms with Gasteiger partial charge in [0.2, 0.25) is 0 Å². The number of benzene rings is 2. The van der Waals surface area contributed by atoms with Crippen molar-refractivity contribution in [3.8, 4) is 22.8 Å². The summed E-state index contributed by atoms with van der Waals surface area (Å²) in [6.07, 6.45) is -4.76. The summed E-state index contributed by atoms with van der Waals surface area (Å²) < 4.78 is 43.5. The Bertz CT molecular complexity index is 1000. The number of alkyl halides is 3. The van der Waals surface area contributed by atoms with Crippen molar-refractivity contribution in [3.63, 3.8) is 0 Å². The third kappa shape index (κ3) is 3.44. The molecular weight excluding hydrogens is 381 g/mol. The number of halogens is 4. The van der Waals surface area contributed by atoms with Gasteiger partial charge in [0.25, 0.3) is 0 Å². The van der Waals surface area contributed by atoms with E-state index in [1.165, 1.54) is 18.2 Å². The average Bonchev–Trinajstić information content (AvgIpc) is 2.98. The molecule has 0 radical (unpaired) electrons. The molecule has 1 atom stereocenters. The van der Waals surface area contributed by atoms with Gasteiger partial charge in [0, 0.05) is 23.0 Å². The fourth-order valence-electron chi connectivity index (χ4n) is 3.07. The Morgan fingerprint density at radius 3 is 2.78 bits per heavy atom. The summed E-state index contributed by atoms with van der Waals surface area (Å²) in [5.41, 5.74) is 2.04. The standard InChI is InChI=1S/C18H14ClF3N4O/c1-10-9-23-14-8-12(19)5-6-15(14)26-16(10)24-25-17(26)11-3-2-4-13(7-11)27-18(20,21)22/h2-8,10,23H,9H2,1H3. The van der Waals surface area contributed by atoms with Crippen LogP contribution < -0.4 is 10.1 Å². The Morgan fingerprint density at radius 1 is 1.19 bits per heavy atom. The quantitative estimate of drug-likeness (QED) is 0.663. The molecule has 3 aromatic rings. The molecule has 0 amide bonds. The first-order chi connectivity index (χ1) is 12.8. The van der Waals surface area contributed by atoms with Crippen LogP contribution in [-0.4, -0.2) is 27.7 Å². The third-order valence-electron chi connectivity index (χ3n) is 4.25. The monoisotopic (exact) mass is 394 g/mol. The summed E-state index contributed by atoms with van der Waals surface area (Å²) in [4.78, 5) is 0. The second-order valence-electron chi connectivity index (χ2n) is 6.24. The van der Waals surface area contributed by atoms with Gasteiger partial charge in [-0.3, -0.25) is 4.57 Å². The molecule has 1 N–H and O–H groups in total. The summed E-state index contributed by atoms with van der Waals surface area (Å²) in [5, 5.41) is 12.4. The van der Waals surface area contributed by atoms with Crippen molar-refractivity contribution in [2.24, 2.45) is 0 Å². The first-order valence-electron chi connectivity index (χ1n) is 8.17. The van der Waals surface area contributed by atoms with Gasteiger partial charge in [-0.05, 0) is 30.3 Å². The molecule has 2 aromatic carbocycles. The van der Waals surface area contributed by atoms with Crippen LogP contribution in [0.5, 0.6) is 5.75 Å². The third-order valence-corrected chi connectivity index (χ3v) is 4.49. The Morgan fingerprint density at radius 2 is 2.00 bits per heavy atom. The largest absolute Gasteiger partial charge is 0.573 e. The fraction of sp³-hybridized carbons (Fsp3) is 0.222. The van der Waals surface area contributed by atoms with Crippen molar-refractivity contribution >= 4 is 17.3 Å². The van der Waals surface area contributed by atoms with Crippen molar-refractivity contribution in [3.05, 3.63) is 53.3 Å². The predicted molar refractivity (Wildman–Crippen MR) is 95.4 cm³/mol. The number of nitrogens with one attached hydrogen (secondary N) is 1. The van der Waals surface area contributed by atoms with E-state index < -0.39 is 6.36 Å². The van der Waals surface area contributed by atoms with E-state index in [2.05, 4.69) is 20.3 Å². The Balaban J connectivity index is 1.86. The van der Waals surface area contributed by atoms with Gasteiger partial charge < -0.3 is 10.1 Å². The van der Waals surface area contributed by atoms with Crippen molar-refractivity contribution < 1.29 is 17.9 Å². The van der Waals surface area contributed by atoms with E-state index in [1.54, 1.807) is 18.2 Å². The molecule has 0 bridgehead atoms. The van der Waals surface area contributed by atoms with Gasteiger partial charge in [-0.2, -0.15) is 0 Å². The molecule has 140 valence electrons. The maximum absolute atomic E-state index is 12.6. The van der Waals surface area contributed by atoms with Crippen molar-refractivity contribution in [1.82, 2.24) is 14.8 Å². The highest BCUT2D eigenvalue weighted by Crippen LogP contribution is 2.36. The number of ether oxygens (including phenoxy) is 1. The molecule has 4 rings (SSSR count). The highest BCUT2D eigenvalue weighted by molar-refractivity contribution is 6.31. The second-order valence-corrected chi connectivity index (χ2v) is 6.67. The lowest BCUT2D eigenvalue weighted by Crippen LogP contribution is -2.17. The van der Waals surface area contributed by atoms with Crippen LogP contribution in [0.1, 0.15) is 18.7 Å². The molecule has 1 aliphatic heterocycles. The molecular formula is C18H14ClF3N4O. The Labute approximate surface area is 157 Å². The molecule has 1 aliphatic rings. The van der Waals surface area contributed by atoms with E-state index in [9.17, 15) is 13.2 Å². The maximum Gasteiger partial charge on any atom is 0.573 e. The fourth-order valence-corrected chi connectivity index (χ4v) is 3.24. The first kappa shape index (κ1) is 17.7.